The molecule has 9 nitrogen and oxygen atoms in total. The van der Waals surface area contributed by atoms with Gasteiger partial charge in [-0.2, -0.15) is 0 Å². The summed E-state index contributed by atoms with van der Waals surface area (Å²) < 4.78 is 16.7. The van der Waals surface area contributed by atoms with Crippen LogP contribution in [0.25, 0.3) is 5.82 Å². The number of aromatic nitrogens is 2. The molecule has 1 amide bonds. The molecule has 0 bridgehead atoms. The molecule has 3 rings (SSSR count). The summed E-state index contributed by atoms with van der Waals surface area (Å²) in [6, 6.07) is 6.49. The lowest BCUT2D eigenvalue weighted by Gasteiger charge is -2.06. The predicted octanol–water partition coefficient (Wildman–Crippen LogP) is 2.14. The predicted molar refractivity (Wildman–Crippen MR) is 96.4 cm³/mol. The van der Waals surface area contributed by atoms with E-state index >= 15 is 0 Å². The topological polar surface area (TPSA) is 117 Å². The quantitative estimate of drug-likeness (QED) is 0.489. The Kier molecular flexibility index (Phi) is 5.44. The average Bonchev–Trinajstić information content (AvgIpc) is 3.39. The maximum atomic E-state index is 12.5. The van der Waals surface area contributed by atoms with Gasteiger partial charge in [0.05, 0.1) is 6.26 Å². The van der Waals surface area contributed by atoms with Crippen molar-refractivity contribution in [3.63, 3.8) is 0 Å². The Morgan fingerprint density at radius 1 is 1.21 bits per heavy atom. The SMILES string of the molecule is Cc1cc(-n2c(C)cc(C(=O)COC(=O)CNC(=O)c3ccco3)c2C)no1. The molecule has 0 saturated carbocycles. The van der Waals surface area contributed by atoms with Crippen molar-refractivity contribution in [3.8, 4) is 5.82 Å². The number of rotatable bonds is 7. The number of carbonyl (C=O) groups is 3. The van der Waals surface area contributed by atoms with Crippen molar-refractivity contribution >= 4 is 17.7 Å². The van der Waals surface area contributed by atoms with Gasteiger partial charge in [0.1, 0.15) is 12.3 Å². The Morgan fingerprint density at radius 3 is 2.64 bits per heavy atom. The van der Waals surface area contributed by atoms with E-state index in [-0.39, 0.29) is 18.1 Å². The molecule has 0 spiro atoms. The van der Waals surface area contributed by atoms with Gasteiger partial charge in [-0.3, -0.25) is 19.0 Å². The highest BCUT2D eigenvalue weighted by atomic mass is 16.5. The summed E-state index contributed by atoms with van der Waals surface area (Å²) in [5.74, 6) is -0.316. The Labute approximate surface area is 160 Å². The molecule has 1 N–H and O–H groups in total. The van der Waals surface area contributed by atoms with Crippen LogP contribution in [0.4, 0.5) is 0 Å². The van der Waals surface area contributed by atoms with Crippen LogP contribution in [0.5, 0.6) is 0 Å². The molecule has 146 valence electrons. The highest BCUT2D eigenvalue weighted by molar-refractivity contribution is 5.99. The molecule has 0 aromatic carbocycles. The first-order valence-electron chi connectivity index (χ1n) is 8.50. The van der Waals surface area contributed by atoms with Crippen molar-refractivity contribution in [1.29, 1.82) is 0 Å². The second-order valence-corrected chi connectivity index (χ2v) is 6.16. The van der Waals surface area contributed by atoms with E-state index in [9.17, 15) is 14.4 Å². The lowest BCUT2D eigenvalue weighted by Crippen LogP contribution is -2.31. The molecule has 0 unspecified atom stereocenters. The van der Waals surface area contributed by atoms with Crippen molar-refractivity contribution in [2.45, 2.75) is 20.8 Å². The molecular formula is C19H19N3O6. The number of ketones is 1. The zero-order valence-electron chi connectivity index (χ0n) is 15.6. The first-order valence-corrected chi connectivity index (χ1v) is 8.50. The normalized spacial score (nSPS) is 10.7. The fourth-order valence-corrected chi connectivity index (χ4v) is 2.78. The summed E-state index contributed by atoms with van der Waals surface area (Å²) in [4.78, 5) is 35.9. The van der Waals surface area contributed by atoms with Crippen LogP contribution in [-0.2, 0) is 9.53 Å². The Bertz CT molecular complexity index is 1010. The number of hydrogen-bond donors (Lipinski definition) is 1. The van der Waals surface area contributed by atoms with Gasteiger partial charge < -0.3 is 19.0 Å². The monoisotopic (exact) mass is 385 g/mol. The third-order valence-electron chi connectivity index (χ3n) is 4.08. The molecule has 0 atom stereocenters. The number of ether oxygens (including phenoxy) is 1. The van der Waals surface area contributed by atoms with E-state index in [0.29, 0.717) is 22.8 Å². The van der Waals surface area contributed by atoms with E-state index in [1.165, 1.54) is 12.3 Å². The number of furan rings is 1. The van der Waals surface area contributed by atoms with E-state index in [0.717, 1.165) is 5.69 Å². The van der Waals surface area contributed by atoms with Crippen molar-refractivity contribution in [3.05, 3.63) is 59.0 Å². The molecule has 3 aromatic heterocycles. The maximum Gasteiger partial charge on any atom is 0.325 e. The highest BCUT2D eigenvalue weighted by Gasteiger charge is 2.20. The first-order chi connectivity index (χ1) is 13.4. The molecule has 28 heavy (non-hydrogen) atoms. The standard InChI is InChI=1S/C19H19N3O6/c1-11-7-14(13(3)22(11)17-8-12(2)28-21-17)15(23)10-27-18(24)9-20-19(25)16-5-4-6-26-16/h4-8H,9-10H2,1-3H3,(H,20,25). The minimum Gasteiger partial charge on any atom is -0.459 e. The second-order valence-electron chi connectivity index (χ2n) is 6.16. The van der Waals surface area contributed by atoms with Gasteiger partial charge in [-0.15, -0.1) is 0 Å². The van der Waals surface area contributed by atoms with Gasteiger partial charge in [-0.05, 0) is 39.0 Å². The minimum atomic E-state index is -0.728. The number of esters is 1. The van der Waals surface area contributed by atoms with Crippen LogP contribution in [0.3, 0.4) is 0 Å². The van der Waals surface area contributed by atoms with E-state index in [4.69, 9.17) is 13.7 Å². The lowest BCUT2D eigenvalue weighted by atomic mass is 10.1. The molecule has 0 aliphatic heterocycles. The van der Waals surface area contributed by atoms with Crippen molar-refractivity contribution in [1.82, 2.24) is 15.0 Å². The number of nitrogens with zero attached hydrogens (tertiary/aromatic N) is 2. The molecule has 0 aliphatic rings. The van der Waals surface area contributed by atoms with Crippen LogP contribution < -0.4 is 5.32 Å². The number of Topliss-reactive ketones (excluding diaryl/α,β-unsaturated/α-hetero) is 1. The second kappa shape index (κ2) is 7.95. The maximum absolute atomic E-state index is 12.5. The summed E-state index contributed by atoms with van der Waals surface area (Å²) in [7, 11) is 0. The summed E-state index contributed by atoms with van der Waals surface area (Å²) >= 11 is 0. The molecule has 3 heterocycles. The van der Waals surface area contributed by atoms with Crippen LogP contribution >= 0.6 is 0 Å². The summed E-state index contributed by atoms with van der Waals surface area (Å²) in [5, 5.41) is 6.32. The minimum absolute atomic E-state index is 0.0828. The molecule has 0 aliphatic carbocycles. The summed E-state index contributed by atoms with van der Waals surface area (Å²) in [5.41, 5.74) is 1.88. The summed E-state index contributed by atoms with van der Waals surface area (Å²) in [6.45, 7) is 4.59. The van der Waals surface area contributed by atoms with Gasteiger partial charge in [0.25, 0.3) is 5.91 Å². The van der Waals surface area contributed by atoms with E-state index in [1.54, 1.807) is 36.6 Å². The third kappa shape index (κ3) is 4.03. The molecule has 0 radical (unpaired) electrons. The summed E-state index contributed by atoms with van der Waals surface area (Å²) in [6.07, 6.45) is 1.35. The van der Waals surface area contributed by atoms with Crippen LogP contribution in [0.2, 0.25) is 0 Å². The zero-order chi connectivity index (χ0) is 20.3. The zero-order valence-corrected chi connectivity index (χ0v) is 15.6. The number of carbonyl (C=O) groups excluding carboxylic acids is 3. The molecule has 3 aromatic rings. The van der Waals surface area contributed by atoms with Gasteiger partial charge in [0, 0.05) is 23.0 Å². The third-order valence-corrected chi connectivity index (χ3v) is 4.08. The number of amides is 1. The van der Waals surface area contributed by atoms with Crippen LogP contribution in [0.1, 0.15) is 38.1 Å². The van der Waals surface area contributed by atoms with Crippen LogP contribution in [0, 0.1) is 20.8 Å². The Balaban J connectivity index is 1.58. The molecule has 0 fully saturated rings. The van der Waals surface area contributed by atoms with E-state index in [2.05, 4.69) is 10.5 Å². The van der Waals surface area contributed by atoms with Gasteiger partial charge in [0.2, 0.25) is 5.78 Å². The van der Waals surface area contributed by atoms with Crippen molar-refractivity contribution in [2.24, 2.45) is 0 Å². The fourth-order valence-electron chi connectivity index (χ4n) is 2.78. The molecule has 9 heteroatoms. The molecule has 0 saturated heterocycles. The number of aryl methyl sites for hydroxylation is 2. The van der Waals surface area contributed by atoms with E-state index < -0.39 is 18.5 Å². The van der Waals surface area contributed by atoms with Crippen LogP contribution in [-0.4, -0.2) is 40.5 Å². The average molecular weight is 385 g/mol. The fraction of sp³-hybridized carbons (Fsp3) is 0.263. The van der Waals surface area contributed by atoms with Crippen LogP contribution in [0.15, 0.2) is 39.5 Å². The van der Waals surface area contributed by atoms with Gasteiger partial charge in [-0.25, -0.2) is 0 Å². The smallest absolute Gasteiger partial charge is 0.325 e. The number of hydrogen-bond acceptors (Lipinski definition) is 7. The first kappa shape index (κ1) is 19.2. The van der Waals surface area contributed by atoms with Crippen molar-refractivity contribution < 1.29 is 28.1 Å². The van der Waals surface area contributed by atoms with Gasteiger partial charge >= 0.3 is 5.97 Å². The Hall–Kier alpha value is -3.62. The molecular weight excluding hydrogens is 366 g/mol. The lowest BCUT2D eigenvalue weighted by molar-refractivity contribution is -0.141. The Morgan fingerprint density at radius 2 is 2.00 bits per heavy atom. The van der Waals surface area contributed by atoms with Crippen molar-refractivity contribution in [2.75, 3.05) is 13.2 Å². The van der Waals surface area contributed by atoms with Gasteiger partial charge in [0.15, 0.2) is 18.2 Å². The number of nitrogens with one attached hydrogen (secondary N) is 1. The highest BCUT2D eigenvalue weighted by Crippen LogP contribution is 2.21. The van der Waals surface area contributed by atoms with E-state index in [1.807, 2.05) is 6.92 Å². The largest absolute Gasteiger partial charge is 0.459 e. The van der Waals surface area contributed by atoms with Gasteiger partial charge in [-0.1, -0.05) is 5.16 Å².